The Kier molecular flexibility index (Phi) is 5.69. The Hall–Kier alpha value is -4.16. The lowest BCUT2D eigenvalue weighted by atomic mass is 9.64. The number of hydrogen-bond donors (Lipinski definition) is 0. The molecule has 0 atom stereocenters. The van der Waals surface area contributed by atoms with Crippen LogP contribution in [0.15, 0.2) is 135 Å². The number of allylic oxidation sites excluding steroid dienone is 4. The van der Waals surface area contributed by atoms with Crippen LogP contribution in [0.25, 0.3) is 22.3 Å². The molecule has 0 saturated carbocycles. The maximum atomic E-state index is 4.52. The predicted octanol–water partition coefficient (Wildman–Crippen LogP) is 8.99. The van der Waals surface area contributed by atoms with Gasteiger partial charge in [-0.25, -0.2) is 0 Å². The quantitative estimate of drug-likeness (QED) is 0.223. The summed E-state index contributed by atoms with van der Waals surface area (Å²) in [4.78, 5) is 0. The first kappa shape index (κ1) is 23.3. The van der Waals surface area contributed by atoms with Gasteiger partial charge < -0.3 is 0 Å². The van der Waals surface area contributed by atoms with Crippen LogP contribution in [0.4, 0.5) is 0 Å². The molecule has 0 aliphatic heterocycles. The van der Waals surface area contributed by atoms with E-state index in [0.717, 1.165) is 22.3 Å². The smallest absolute Gasteiger partial charge is 0.0690 e. The van der Waals surface area contributed by atoms with Crippen LogP contribution in [-0.4, -0.2) is 0 Å². The van der Waals surface area contributed by atoms with E-state index in [1.807, 2.05) is 12.2 Å². The zero-order valence-corrected chi connectivity index (χ0v) is 21.4. The summed E-state index contributed by atoms with van der Waals surface area (Å²) in [6.45, 7) is 17.3. The largest absolute Gasteiger partial charge is 0.0988 e. The monoisotopic (exact) mass is 476 g/mol. The molecule has 0 amide bonds. The first-order chi connectivity index (χ1) is 18.0. The maximum Gasteiger partial charge on any atom is 0.0690 e. The van der Waals surface area contributed by atoms with Gasteiger partial charge in [0.15, 0.2) is 0 Å². The van der Waals surface area contributed by atoms with E-state index in [2.05, 4.69) is 111 Å². The molecule has 2 aliphatic rings. The molecule has 2 aliphatic carbocycles. The molecule has 0 nitrogen and oxygen atoms in total. The molecule has 6 rings (SSSR count). The van der Waals surface area contributed by atoms with Crippen LogP contribution in [0, 0.1) is 0 Å². The summed E-state index contributed by atoms with van der Waals surface area (Å²) < 4.78 is 0. The number of benzene rings is 4. The zero-order valence-electron chi connectivity index (χ0n) is 21.4. The maximum absolute atomic E-state index is 4.52. The van der Waals surface area contributed by atoms with Gasteiger partial charge in [-0.1, -0.05) is 111 Å². The van der Waals surface area contributed by atoms with Gasteiger partial charge in [0.2, 0.25) is 0 Å². The fraction of sp³-hybridized carbons (Fsp3) is 0.135. The van der Waals surface area contributed by atoms with Gasteiger partial charge in [-0.15, -0.1) is 0 Å². The SMILES string of the molecule is C=CC(=C)C(C(=C)C=C)(c1cccc(-c2ccc3c(c2)CC3)c1)c1cccc(-c2ccc3c(c2)CC3)c1. The summed E-state index contributed by atoms with van der Waals surface area (Å²) in [5.41, 5.74) is 14.1. The van der Waals surface area contributed by atoms with E-state index < -0.39 is 5.41 Å². The molecule has 0 unspecified atom stereocenters. The second kappa shape index (κ2) is 9.05. The summed E-state index contributed by atoms with van der Waals surface area (Å²) in [6.07, 6.45) is 8.45. The first-order valence-electron chi connectivity index (χ1n) is 13.1. The number of aryl methyl sites for hydroxylation is 4. The van der Waals surface area contributed by atoms with Crippen molar-refractivity contribution in [1.82, 2.24) is 0 Å². The van der Waals surface area contributed by atoms with Gasteiger partial charge >= 0.3 is 0 Å². The van der Waals surface area contributed by atoms with Gasteiger partial charge in [-0.05, 0) is 105 Å². The second-order valence-corrected chi connectivity index (χ2v) is 10.3. The van der Waals surface area contributed by atoms with Crippen LogP contribution in [0.5, 0.6) is 0 Å². The van der Waals surface area contributed by atoms with E-state index in [-0.39, 0.29) is 0 Å². The second-order valence-electron chi connectivity index (χ2n) is 10.3. The van der Waals surface area contributed by atoms with Gasteiger partial charge in [-0.3, -0.25) is 0 Å². The summed E-state index contributed by atoms with van der Waals surface area (Å²) in [6, 6.07) is 31.4. The van der Waals surface area contributed by atoms with Crippen LogP contribution >= 0.6 is 0 Å². The summed E-state index contributed by atoms with van der Waals surface area (Å²) in [7, 11) is 0. The molecule has 0 aromatic heterocycles. The lowest BCUT2D eigenvalue weighted by molar-refractivity contribution is 0.749. The van der Waals surface area contributed by atoms with Crippen molar-refractivity contribution in [2.75, 3.05) is 0 Å². The molecule has 0 bridgehead atoms. The molecule has 0 spiro atoms. The van der Waals surface area contributed by atoms with Crippen molar-refractivity contribution in [2.24, 2.45) is 0 Å². The van der Waals surface area contributed by atoms with E-state index in [1.54, 1.807) is 0 Å². The molecule has 0 heteroatoms. The van der Waals surface area contributed by atoms with Crippen molar-refractivity contribution < 1.29 is 0 Å². The van der Waals surface area contributed by atoms with Crippen molar-refractivity contribution in [3.63, 3.8) is 0 Å². The van der Waals surface area contributed by atoms with E-state index in [0.29, 0.717) is 0 Å². The van der Waals surface area contributed by atoms with Crippen LogP contribution in [0.3, 0.4) is 0 Å². The highest BCUT2D eigenvalue weighted by atomic mass is 14.4. The average molecular weight is 477 g/mol. The van der Waals surface area contributed by atoms with E-state index in [9.17, 15) is 0 Å². The van der Waals surface area contributed by atoms with Crippen LogP contribution in [0.2, 0.25) is 0 Å². The molecule has 0 N–H and O–H groups in total. The summed E-state index contributed by atoms with van der Waals surface area (Å²) in [5.74, 6) is 0. The minimum absolute atomic E-state index is 0.671. The first-order valence-corrected chi connectivity index (χ1v) is 13.1. The highest BCUT2D eigenvalue weighted by Crippen LogP contribution is 2.47. The van der Waals surface area contributed by atoms with Crippen LogP contribution < -0.4 is 0 Å². The van der Waals surface area contributed by atoms with Crippen molar-refractivity contribution in [3.8, 4) is 22.3 Å². The van der Waals surface area contributed by atoms with Crippen LogP contribution in [-0.2, 0) is 31.1 Å². The average Bonchev–Trinajstić information content (AvgIpc) is 2.90. The van der Waals surface area contributed by atoms with Gasteiger partial charge in [0.25, 0.3) is 0 Å². The minimum Gasteiger partial charge on any atom is -0.0988 e. The number of hydrogen-bond acceptors (Lipinski definition) is 0. The Balaban J connectivity index is 1.53. The highest BCUT2D eigenvalue weighted by molar-refractivity contribution is 5.73. The van der Waals surface area contributed by atoms with Crippen molar-refractivity contribution >= 4 is 0 Å². The Morgan fingerprint density at radius 3 is 1.27 bits per heavy atom. The molecule has 0 radical (unpaired) electrons. The molecule has 4 aromatic rings. The van der Waals surface area contributed by atoms with Gasteiger partial charge in [0.05, 0.1) is 5.41 Å². The lowest BCUT2D eigenvalue weighted by Gasteiger charge is -2.38. The molecule has 0 saturated heterocycles. The van der Waals surface area contributed by atoms with Gasteiger partial charge in [-0.2, -0.15) is 0 Å². The fourth-order valence-corrected chi connectivity index (χ4v) is 6.03. The fourth-order valence-electron chi connectivity index (χ4n) is 6.03. The molecule has 180 valence electrons. The zero-order chi connectivity index (χ0) is 25.6. The third kappa shape index (κ3) is 3.67. The van der Waals surface area contributed by atoms with Crippen LogP contribution in [0.1, 0.15) is 33.4 Å². The molecule has 0 heterocycles. The Bertz CT molecular complexity index is 1470. The van der Waals surface area contributed by atoms with Gasteiger partial charge in [0.1, 0.15) is 0 Å². The highest BCUT2D eigenvalue weighted by Gasteiger charge is 2.38. The predicted molar refractivity (Wildman–Crippen MR) is 158 cm³/mol. The minimum atomic E-state index is -0.671. The molecular weight excluding hydrogens is 444 g/mol. The molecular formula is C37H32. The number of fused-ring (bicyclic) bond motifs is 2. The lowest BCUT2D eigenvalue weighted by Crippen LogP contribution is -2.31. The normalized spacial score (nSPS) is 13.4. The Morgan fingerprint density at radius 2 is 0.919 bits per heavy atom. The third-order valence-electron chi connectivity index (χ3n) is 8.45. The molecule has 0 fully saturated rings. The molecule has 37 heavy (non-hydrogen) atoms. The summed E-state index contributed by atoms with van der Waals surface area (Å²) in [5, 5.41) is 0. The van der Waals surface area contributed by atoms with Crippen molar-refractivity contribution in [2.45, 2.75) is 31.1 Å². The Morgan fingerprint density at radius 1 is 0.514 bits per heavy atom. The van der Waals surface area contributed by atoms with Crippen molar-refractivity contribution in [3.05, 3.63) is 168 Å². The third-order valence-corrected chi connectivity index (χ3v) is 8.45. The molecule has 4 aromatic carbocycles. The van der Waals surface area contributed by atoms with E-state index >= 15 is 0 Å². The number of rotatable bonds is 8. The Labute approximate surface area is 221 Å². The summed E-state index contributed by atoms with van der Waals surface area (Å²) >= 11 is 0. The topological polar surface area (TPSA) is 0 Å². The van der Waals surface area contributed by atoms with E-state index in [4.69, 9.17) is 0 Å². The standard InChI is InChI=1S/C37H32/c1-5-25(3)37(26(4)6-2,35-11-7-9-29(23-35)33-19-15-27-13-17-31(27)21-33)36-12-8-10-30(24-36)34-20-16-28-14-18-32(28)22-34/h5-12,15-16,19-24H,1-4,13-14,17-18H2. The van der Waals surface area contributed by atoms with E-state index in [1.165, 1.54) is 70.2 Å². The van der Waals surface area contributed by atoms with Gasteiger partial charge in [0, 0.05) is 0 Å². The van der Waals surface area contributed by atoms with Crippen molar-refractivity contribution in [1.29, 1.82) is 0 Å².